The van der Waals surface area contributed by atoms with Crippen LogP contribution in [0.1, 0.15) is 27.2 Å². The van der Waals surface area contributed by atoms with Crippen LogP contribution < -0.4 is 5.43 Å². The minimum atomic E-state index is -0.234. The van der Waals surface area contributed by atoms with Crippen LogP contribution in [0, 0.1) is 6.92 Å². The molecule has 0 atom stereocenters. The Morgan fingerprint density at radius 2 is 2.24 bits per heavy atom. The van der Waals surface area contributed by atoms with Crippen molar-refractivity contribution in [3.05, 3.63) is 45.9 Å². The summed E-state index contributed by atoms with van der Waals surface area (Å²) in [6, 6.07) is 7.51. The third-order valence-electron chi connectivity index (χ3n) is 2.26. The number of aryl methyl sites for hydroxylation is 1. The molecule has 0 aliphatic carbocycles. The Balaban J connectivity index is 2.04. The Morgan fingerprint density at radius 3 is 2.82 bits per heavy atom. The quantitative estimate of drug-likeness (QED) is 0.635. The number of carbonyl (C=O) groups excluding carboxylic acids is 1. The molecule has 0 fully saturated rings. The summed E-state index contributed by atoms with van der Waals surface area (Å²) in [5, 5.41) is 4.07. The largest absolute Gasteiger partial charge is 0.357 e. The van der Waals surface area contributed by atoms with Gasteiger partial charge < -0.3 is 4.98 Å². The number of carbonyl (C=O) groups is 1. The van der Waals surface area contributed by atoms with Gasteiger partial charge in [-0.05, 0) is 38.1 Å². The fourth-order valence-corrected chi connectivity index (χ4v) is 2.16. The fraction of sp³-hybridized carbons (Fsp3) is 0.167. The molecule has 5 heteroatoms. The molecule has 2 N–H and O–H groups in total. The average Bonchev–Trinajstić information content (AvgIpc) is 2.95. The number of hydrogen-bond donors (Lipinski definition) is 2. The second-order valence-corrected chi connectivity index (χ2v) is 4.92. The topological polar surface area (TPSA) is 57.2 Å². The highest BCUT2D eigenvalue weighted by molar-refractivity contribution is 7.14. The minimum Gasteiger partial charge on any atom is -0.357 e. The Hall–Kier alpha value is -1.88. The third-order valence-corrected chi connectivity index (χ3v) is 3.37. The summed E-state index contributed by atoms with van der Waals surface area (Å²) >= 11 is 1.66. The molecule has 0 unspecified atom stereocenters. The molecule has 4 nitrogen and oxygen atoms in total. The molecule has 2 aromatic rings. The fourth-order valence-electron chi connectivity index (χ4n) is 1.35. The molecule has 0 spiro atoms. The van der Waals surface area contributed by atoms with Crippen LogP contribution in [0.5, 0.6) is 0 Å². The van der Waals surface area contributed by atoms with Crippen molar-refractivity contribution in [2.45, 2.75) is 13.8 Å². The molecule has 17 heavy (non-hydrogen) atoms. The predicted octanol–water partition coefficient (Wildman–Crippen LogP) is 2.54. The van der Waals surface area contributed by atoms with Crippen molar-refractivity contribution in [1.29, 1.82) is 0 Å². The van der Waals surface area contributed by atoms with Gasteiger partial charge in [0.2, 0.25) is 0 Å². The van der Waals surface area contributed by atoms with Crippen LogP contribution in [-0.4, -0.2) is 16.6 Å². The van der Waals surface area contributed by atoms with Crippen molar-refractivity contribution in [2.24, 2.45) is 5.10 Å². The van der Waals surface area contributed by atoms with Gasteiger partial charge in [0.1, 0.15) is 5.69 Å². The smallest absolute Gasteiger partial charge is 0.287 e. The Bertz CT molecular complexity index is 540. The predicted molar refractivity (Wildman–Crippen MR) is 69.5 cm³/mol. The highest BCUT2D eigenvalue weighted by atomic mass is 32.1. The van der Waals surface area contributed by atoms with E-state index < -0.39 is 0 Å². The Labute approximate surface area is 103 Å². The zero-order valence-electron chi connectivity index (χ0n) is 9.65. The number of H-pyrrole nitrogens is 1. The van der Waals surface area contributed by atoms with Crippen molar-refractivity contribution >= 4 is 23.0 Å². The molecule has 0 aliphatic heterocycles. The summed E-state index contributed by atoms with van der Waals surface area (Å²) in [6.45, 7) is 3.92. The lowest BCUT2D eigenvalue weighted by Gasteiger charge is -1.99. The molecule has 1 amide bonds. The van der Waals surface area contributed by atoms with Crippen molar-refractivity contribution in [3.63, 3.8) is 0 Å². The van der Waals surface area contributed by atoms with E-state index >= 15 is 0 Å². The summed E-state index contributed by atoms with van der Waals surface area (Å²) in [7, 11) is 0. The highest BCUT2D eigenvalue weighted by Gasteiger charge is 2.05. The number of rotatable bonds is 3. The van der Waals surface area contributed by atoms with Gasteiger partial charge in [0.05, 0.1) is 10.6 Å². The van der Waals surface area contributed by atoms with Gasteiger partial charge in [0, 0.05) is 11.1 Å². The zero-order chi connectivity index (χ0) is 12.3. The molecule has 0 aromatic carbocycles. The Morgan fingerprint density at radius 1 is 1.41 bits per heavy atom. The minimum absolute atomic E-state index is 0.234. The van der Waals surface area contributed by atoms with E-state index in [9.17, 15) is 4.79 Å². The molecule has 88 valence electrons. The first-order valence-electron chi connectivity index (χ1n) is 5.21. The van der Waals surface area contributed by atoms with Gasteiger partial charge in [-0.15, -0.1) is 11.3 Å². The SMILES string of the molecule is C/C(=N/NC(=O)c1ccc[nH]1)c1ccc(C)s1. The van der Waals surface area contributed by atoms with E-state index in [1.807, 2.05) is 26.0 Å². The van der Waals surface area contributed by atoms with Crippen molar-refractivity contribution in [3.8, 4) is 0 Å². The van der Waals surface area contributed by atoms with Crippen LogP contribution in [0.4, 0.5) is 0 Å². The number of aromatic nitrogens is 1. The first kappa shape index (κ1) is 11.6. The molecule has 0 saturated carbocycles. The van der Waals surface area contributed by atoms with Gasteiger partial charge in [-0.2, -0.15) is 5.10 Å². The second-order valence-electron chi connectivity index (χ2n) is 3.63. The standard InChI is InChI=1S/C12H13N3OS/c1-8-5-6-11(17-8)9(2)14-15-12(16)10-4-3-7-13-10/h3-7,13H,1-2H3,(H,15,16)/b14-9-. The van der Waals surface area contributed by atoms with Gasteiger partial charge in [0.25, 0.3) is 5.91 Å². The van der Waals surface area contributed by atoms with Gasteiger partial charge in [-0.3, -0.25) is 4.79 Å². The highest BCUT2D eigenvalue weighted by Crippen LogP contribution is 2.15. The van der Waals surface area contributed by atoms with E-state index in [0.29, 0.717) is 5.69 Å². The molecule has 0 bridgehead atoms. The van der Waals surface area contributed by atoms with Gasteiger partial charge >= 0.3 is 0 Å². The van der Waals surface area contributed by atoms with Crippen LogP contribution >= 0.6 is 11.3 Å². The number of amides is 1. The average molecular weight is 247 g/mol. The second kappa shape index (κ2) is 4.97. The lowest BCUT2D eigenvalue weighted by molar-refractivity contribution is 0.0950. The molecular formula is C12H13N3OS. The maximum Gasteiger partial charge on any atom is 0.287 e. The van der Waals surface area contributed by atoms with E-state index in [0.717, 1.165) is 10.6 Å². The lowest BCUT2D eigenvalue weighted by Crippen LogP contribution is -2.19. The maximum atomic E-state index is 11.6. The molecule has 0 aliphatic rings. The monoisotopic (exact) mass is 247 g/mol. The van der Waals surface area contributed by atoms with Gasteiger partial charge in [0.15, 0.2) is 0 Å². The summed E-state index contributed by atoms with van der Waals surface area (Å²) < 4.78 is 0. The van der Waals surface area contributed by atoms with Gasteiger partial charge in [-0.25, -0.2) is 5.43 Å². The zero-order valence-corrected chi connectivity index (χ0v) is 10.5. The van der Waals surface area contributed by atoms with E-state index in [1.54, 1.807) is 29.7 Å². The molecule has 2 aromatic heterocycles. The van der Waals surface area contributed by atoms with E-state index in [1.165, 1.54) is 4.88 Å². The van der Waals surface area contributed by atoms with E-state index in [-0.39, 0.29) is 5.91 Å². The number of aromatic amines is 1. The van der Waals surface area contributed by atoms with Crippen LogP contribution in [0.25, 0.3) is 0 Å². The molecule has 2 rings (SSSR count). The van der Waals surface area contributed by atoms with Crippen LogP contribution in [0.2, 0.25) is 0 Å². The first-order chi connectivity index (χ1) is 8.16. The Kier molecular flexibility index (Phi) is 3.39. The maximum absolute atomic E-state index is 11.6. The summed E-state index contributed by atoms with van der Waals surface area (Å²) in [5.74, 6) is -0.234. The van der Waals surface area contributed by atoms with Crippen LogP contribution in [0.15, 0.2) is 35.6 Å². The third kappa shape index (κ3) is 2.82. The van der Waals surface area contributed by atoms with Gasteiger partial charge in [-0.1, -0.05) is 0 Å². The number of nitrogens with one attached hydrogen (secondary N) is 2. The number of thiophene rings is 1. The molecule has 0 radical (unpaired) electrons. The first-order valence-corrected chi connectivity index (χ1v) is 6.03. The van der Waals surface area contributed by atoms with Crippen LogP contribution in [-0.2, 0) is 0 Å². The molecule has 0 saturated heterocycles. The van der Waals surface area contributed by atoms with Crippen molar-refractivity contribution in [2.75, 3.05) is 0 Å². The molecule has 2 heterocycles. The number of hydrogen-bond acceptors (Lipinski definition) is 3. The van der Waals surface area contributed by atoms with Crippen molar-refractivity contribution < 1.29 is 4.79 Å². The summed E-state index contributed by atoms with van der Waals surface area (Å²) in [5.41, 5.74) is 3.83. The number of hydrazone groups is 1. The van der Waals surface area contributed by atoms with E-state index in [4.69, 9.17) is 0 Å². The van der Waals surface area contributed by atoms with E-state index in [2.05, 4.69) is 15.5 Å². The van der Waals surface area contributed by atoms with Crippen LogP contribution in [0.3, 0.4) is 0 Å². The summed E-state index contributed by atoms with van der Waals surface area (Å²) in [6.07, 6.45) is 1.70. The number of nitrogens with zero attached hydrogens (tertiary/aromatic N) is 1. The van der Waals surface area contributed by atoms with Crippen molar-refractivity contribution in [1.82, 2.24) is 10.4 Å². The summed E-state index contributed by atoms with van der Waals surface area (Å²) in [4.78, 5) is 16.7. The lowest BCUT2D eigenvalue weighted by atomic mass is 10.3. The normalized spacial score (nSPS) is 11.5. The molecular weight excluding hydrogens is 234 g/mol.